The molecule has 1 atom stereocenters. The van der Waals surface area contributed by atoms with Gasteiger partial charge in [0.25, 0.3) is 0 Å². The Morgan fingerprint density at radius 1 is 1.00 bits per heavy atom. The van der Waals surface area contributed by atoms with Crippen molar-refractivity contribution in [3.8, 4) is 0 Å². The van der Waals surface area contributed by atoms with Crippen molar-refractivity contribution in [3.63, 3.8) is 0 Å². The average Bonchev–Trinajstić information content (AvgIpc) is 2.87. The topological polar surface area (TPSA) is 18.5 Å². The van der Waals surface area contributed by atoms with Crippen molar-refractivity contribution in [3.05, 3.63) is 0 Å². The number of fused-ring (bicyclic) bond motifs is 1. The maximum absolute atomic E-state index is 3.46. The fourth-order valence-corrected chi connectivity index (χ4v) is 4.03. The summed E-state index contributed by atoms with van der Waals surface area (Å²) in [5.74, 6) is 1.01. The molecule has 3 aliphatic heterocycles. The monoisotopic (exact) mass is 251 g/mol. The van der Waals surface area contributed by atoms with Crippen LogP contribution in [0.1, 0.15) is 38.5 Å². The largest absolute Gasteiger partial charge is 0.317 e. The summed E-state index contributed by atoms with van der Waals surface area (Å²) in [5, 5.41) is 3.46. The van der Waals surface area contributed by atoms with E-state index in [1.54, 1.807) is 0 Å². The van der Waals surface area contributed by atoms with Gasteiger partial charge in [-0.15, -0.1) is 0 Å². The first-order valence-corrected chi connectivity index (χ1v) is 8.09. The molecular formula is C15H29N3. The van der Waals surface area contributed by atoms with Crippen molar-refractivity contribution in [2.45, 2.75) is 44.6 Å². The summed E-state index contributed by atoms with van der Waals surface area (Å²) in [6, 6.07) is 0.901. The van der Waals surface area contributed by atoms with Crippen LogP contribution in [0.5, 0.6) is 0 Å². The number of piperazine rings is 1. The molecule has 18 heavy (non-hydrogen) atoms. The van der Waals surface area contributed by atoms with Crippen LogP contribution in [-0.2, 0) is 0 Å². The summed E-state index contributed by atoms with van der Waals surface area (Å²) in [7, 11) is 0. The van der Waals surface area contributed by atoms with Crippen molar-refractivity contribution in [1.82, 2.24) is 15.1 Å². The lowest BCUT2D eigenvalue weighted by molar-refractivity contribution is 0.101. The van der Waals surface area contributed by atoms with Gasteiger partial charge in [0.1, 0.15) is 0 Å². The van der Waals surface area contributed by atoms with Crippen LogP contribution in [0.4, 0.5) is 0 Å². The van der Waals surface area contributed by atoms with Crippen LogP contribution in [0.15, 0.2) is 0 Å². The van der Waals surface area contributed by atoms with Gasteiger partial charge in [0.15, 0.2) is 0 Å². The highest BCUT2D eigenvalue weighted by Gasteiger charge is 2.30. The predicted molar refractivity (Wildman–Crippen MR) is 75.9 cm³/mol. The third-order valence-electron chi connectivity index (χ3n) is 5.22. The Bertz CT molecular complexity index is 250. The maximum Gasteiger partial charge on any atom is 0.0224 e. The van der Waals surface area contributed by atoms with Crippen LogP contribution in [0, 0.1) is 5.92 Å². The summed E-state index contributed by atoms with van der Waals surface area (Å²) in [6.45, 7) is 9.24. The van der Waals surface area contributed by atoms with Gasteiger partial charge in [0.2, 0.25) is 0 Å². The SMILES string of the molecule is C(CC1CCNCC1)CN1CCN2CCCC2C1. The number of piperidine rings is 1. The van der Waals surface area contributed by atoms with Crippen molar-refractivity contribution < 1.29 is 0 Å². The van der Waals surface area contributed by atoms with Gasteiger partial charge in [-0.2, -0.15) is 0 Å². The van der Waals surface area contributed by atoms with Crippen LogP contribution >= 0.6 is 0 Å². The van der Waals surface area contributed by atoms with Crippen LogP contribution in [-0.4, -0.2) is 61.7 Å². The Labute approximate surface area is 112 Å². The van der Waals surface area contributed by atoms with Crippen molar-refractivity contribution in [2.75, 3.05) is 45.8 Å². The predicted octanol–water partition coefficient (Wildman–Crippen LogP) is 1.55. The standard InChI is InChI=1S/C15H29N3/c1(3-14-5-7-16-8-6-14)9-17-11-12-18-10-2-4-15(18)13-17/h14-16H,1-13H2. The molecule has 0 radical (unpaired) electrons. The molecule has 0 aromatic carbocycles. The van der Waals surface area contributed by atoms with Gasteiger partial charge in [-0.05, 0) is 70.6 Å². The minimum absolute atomic E-state index is 0.901. The van der Waals surface area contributed by atoms with Gasteiger partial charge in [0, 0.05) is 25.7 Å². The molecule has 1 unspecified atom stereocenters. The normalized spacial score (nSPS) is 31.7. The highest BCUT2D eigenvalue weighted by atomic mass is 15.3. The number of nitrogens with zero attached hydrogens (tertiary/aromatic N) is 2. The maximum atomic E-state index is 3.46. The first-order chi connectivity index (χ1) is 8.92. The van der Waals surface area contributed by atoms with Crippen molar-refractivity contribution in [2.24, 2.45) is 5.92 Å². The molecule has 0 aromatic heterocycles. The molecule has 3 heteroatoms. The van der Waals surface area contributed by atoms with E-state index >= 15 is 0 Å². The quantitative estimate of drug-likeness (QED) is 0.818. The zero-order valence-electron chi connectivity index (χ0n) is 11.7. The number of nitrogens with one attached hydrogen (secondary N) is 1. The van der Waals surface area contributed by atoms with E-state index in [-0.39, 0.29) is 0 Å². The minimum atomic E-state index is 0.901. The number of hydrogen-bond donors (Lipinski definition) is 1. The van der Waals surface area contributed by atoms with Gasteiger partial charge >= 0.3 is 0 Å². The number of rotatable bonds is 4. The van der Waals surface area contributed by atoms with E-state index in [0.717, 1.165) is 12.0 Å². The summed E-state index contributed by atoms with van der Waals surface area (Å²) in [5.41, 5.74) is 0. The molecule has 3 nitrogen and oxygen atoms in total. The number of hydrogen-bond acceptors (Lipinski definition) is 3. The molecule has 3 aliphatic rings. The van der Waals surface area contributed by atoms with Gasteiger partial charge < -0.3 is 10.2 Å². The van der Waals surface area contributed by atoms with Gasteiger partial charge in [-0.1, -0.05) is 0 Å². The Kier molecular flexibility index (Phi) is 4.55. The Balaban J connectivity index is 1.33. The van der Waals surface area contributed by atoms with E-state index in [1.807, 2.05) is 0 Å². The molecule has 0 aromatic rings. The average molecular weight is 251 g/mol. The minimum Gasteiger partial charge on any atom is -0.317 e. The molecule has 0 aliphatic carbocycles. The zero-order chi connectivity index (χ0) is 12.2. The van der Waals surface area contributed by atoms with Crippen LogP contribution < -0.4 is 5.32 Å². The van der Waals surface area contributed by atoms with E-state index in [1.165, 1.54) is 84.3 Å². The second kappa shape index (κ2) is 6.36. The third kappa shape index (κ3) is 3.25. The summed E-state index contributed by atoms with van der Waals surface area (Å²) >= 11 is 0. The van der Waals surface area contributed by atoms with E-state index in [0.29, 0.717) is 0 Å². The molecule has 104 valence electrons. The smallest absolute Gasteiger partial charge is 0.0224 e. The summed E-state index contributed by atoms with van der Waals surface area (Å²) < 4.78 is 0. The Morgan fingerprint density at radius 3 is 2.78 bits per heavy atom. The Morgan fingerprint density at radius 2 is 1.89 bits per heavy atom. The molecule has 3 rings (SSSR count). The molecule has 3 saturated heterocycles. The van der Waals surface area contributed by atoms with E-state index in [4.69, 9.17) is 0 Å². The molecule has 3 fully saturated rings. The first kappa shape index (κ1) is 12.9. The third-order valence-corrected chi connectivity index (χ3v) is 5.22. The molecular weight excluding hydrogens is 222 g/mol. The lowest BCUT2D eigenvalue weighted by Crippen LogP contribution is -2.50. The lowest BCUT2D eigenvalue weighted by atomic mass is 9.93. The van der Waals surface area contributed by atoms with E-state index in [2.05, 4.69) is 15.1 Å². The molecule has 1 N–H and O–H groups in total. The van der Waals surface area contributed by atoms with Crippen molar-refractivity contribution >= 4 is 0 Å². The van der Waals surface area contributed by atoms with Crippen LogP contribution in [0.25, 0.3) is 0 Å². The molecule has 3 heterocycles. The second-order valence-corrected chi connectivity index (χ2v) is 6.47. The molecule has 0 bridgehead atoms. The fraction of sp³-hybridized carbons (Fsp3) is 1.00. The van der Waals surface area contributed by atoms with Gasteiger partial charge in [-0.3, -0.25) is 4.90 Å². The highest BCUT2D eigenvalue weighted by Crippen LogP contribution is 2.22. The molecule has 0 amide bonds. The van der Waals surface area contributed by atoms with Crippen LogP contribution in [0.2, 0.25) is 0 Å². The van der Waals surface area contributed by atoms with Crippen LogP contribution in [0.3, 0.4) is 0 Å². The van der Waals surface area contributed by atoms with Gasteiger partial charge in [-0.25, -0.2) is 0 Å². The lowest BCUT2D eigenvalue weighted by Gasteiger charge is -2.37. The first-order valence-electron chi connectivity index (χ1n) is 8.09. The Hall–Kier alpha value is -0.120. The summed E-state index contributed by atoms with van der Waals surface area (Å²) in [6.07, 6.45) is 8.61. The van der Waals surface area contributed by atoms with Gasteiger partial charge in [0.05, 0.1) is 0 Å². The molecule has 0 spiro atoms. The fourth-order valence-electron chi connectivity index (χ4n) is 4.03. The summed E-state index contributed by atoms with van der Waals surface area (Å²) in [4.78, 5) is 5.44. The zero-order valence-corrected chi connectivity index (χ0v) is 11.7. The van der Waals surface area contributed by atoms with Crippen molar-refractivity contribution in [1.29, 1.82) is 0 Å². The molecule has 0 saturated carbocycles. The van der Waals surface area contributed by atoms with E-state index < -0.39 is 0 Å². The highest BCUT2D eigenvalue weighted by molar-refractivity contribution is 4.86. The second-order valence-electron chi connectivity index (χ2n) is 6.47. The van der Waals surface area contributed by atoms with E-state index in [9.17, 15) is 0 Å².